The van der Waals surface area contributed by atoms with Crippen LogP contribution in [0.5, 0.6) is 0 Å². The molecule has 0 fully saturated rings. The SMILES string of the molecule is CCCCCCCC/C=C/CC/C=C/C(O)C(CO)NC(=O)CC(O)CCCCCCCCCCCCCCCCCCCCCCCC. The van der Waals surface area contributed by atoms with Gasteiger partial charge in [0.2, 0.25) is 5.91 Å². The van der Waals surface area contributed by atoms with Gasteiger partial charge in [-0.15, -0.1) is 0 Å². The summed E-state index contributed by atoms with van der Waals surface area (Å²) in [5, 5.41) is 33.1. The molecule has 3 atom stereocenters. The van der Waals surface area contributed by atoms with Crippen molar-refractivity contribution >= 4 is 5.91 Å². The topological polar surface area (TPSA) is 89.8 Å². The maximum absolute atomic E-state index is 12.4. The number of allylic oxidation sites excluding steroid dienone is 3. The second-order valence-corrected chi connectivity index (χ2v) is 15.0. The molecule has 0 bridgehead atoms. The largest absolute Gasteiger partial charge is 0.394 e. The van der Waals surface area contributed by atoms with E-state index >= 15 is 0 Å². The molecule has 0 aromatic rings. The Morgan fingerprint density at radius 3 is 1.31 bits per heavy atom. The second kappa shape index (κ2) is 39.6. The Kier molecular flexibility index (Phi) is 38.7. The van der Waals surface area contributed by atoms with E-state index in [1.54, 1.807) is 6.08 Å². The Morgan fingerprint density at radius 1 is 0.510 bits per heavy atom. The van der Waals surface area contributed by atoms with Crippen LogP contribution in [0.15, 0.2) is 24.3 Å². The molecular weight excluding hydrogens is 606 g/mol. The van der Waals surface area contributed by atoms with Crippen LogP contribution in [0, 0.1) is 0 Å². The Labute approximate surface area is 305 Å². The van der Waals surface area contributed by atoms with Crippen molar-refractivity contribution in [3.63, 3.8) is 0 Å². The minimum absolute atomic E-state index is 0.00951. The average Bonchev–Trinajstić information content (AvgIpc) is 3.09. The quantitative estimate of drug-likeness (QED) is 0.0381. The highest BCUT2D eigenvalue weighted by Crippen LogP contribution is 2.16. The van der Waals surface area contributed by atoms with Crippen LogP contribution in [0.1, 0.15) is 226 Å². The molecule has 0 aliphatic heterocycles. The van der Waals surface area contributed by atoms with E-state index in [0.717, 1.165) is 32.1 Å². The van der Waals surface area contributed by atoms with Crippen molar-refractivity contribution in [3.05, 3.63) is 24.3 Å². The molecule has 0 aromatic heterocycles. The first-order valence-corrected chi connectivity index (χ1v) is 21.6. The molecule has 0 aliphatic rings. The van der Waals surface area contributed by atoms with Gasteiger partial charge in [-0.05, 0) is 32.1 Å². The number of hydrogen-bond donors (Lipinski definition) is 4. The van der Waals surface area contributed by atoms with Crippen LogP contribution < -0.4 is 5.32 Å². The first-order chi connectivity index (χ1) is 24.0. The molecule has 4 N–H and O–H groups in total. The Bertz CT molecular complexity index is 724. The molecule has 0 spiro atoms. The zero-order chi connectivity index (χ0) is 35.9. The molecule has 290 valence electrons. The van der Waals surface area contributed by atoms with Crippen molar-refractivity contribution in [3.8, 4) is 0 Å². The molecule has 0 radical (unpaired) electrons. The summed E-state index contributed by atoms with van der Waals surface area (Å²) < 4.78 is 0. The lowest BCUT2D eigenvalue weighted by Gasteiger charge is -2.21. The van der Waals surface area contributed by atoms with Gasteiger partial charge in [0.1, 0.15) is 0 Å². The summed E-state index contributed by atoms with van der Waals surface area (Å²) in [4.78, 5) is 12.4. The third-order valence-corrected chi connectivity index (χ3v) is 9.99. The van der Waals surface area contributed by atoms with E-state index in [0.29, 0.717) is 6.42 Å². The molecule has 0 rings (SSSR count). The number of unbranched alkanes of at least 4 members (excludes halogenated alkanes) is 28. The van der Waals surface area contributed by atoms with Gasteiger partial charge in [-0.2, -0.15) is 0 Å². The van der Waals surface area contributed by atoms with Crippen molar-refractivity contribution in [1.82, 2.24) is 5.32 Å². The van der Waals surface area contributed by atoms with Gasteiger partial charge in [-0.1, -0.05) is 212 Å². The Hall–Kier alpha value is -1.17. The van der Waals surface area contributed by atoms with Crippen LogP contribution in [0.25, 0.3) is 0 Å². The number of aliphatic hydroxyl groups is 3. The fourth-order valence-electron chi connectivity index (χ4n) is 6.65. The van der Waals surface area contributed by atoms with Crippen LogP contribution in [-0.4, -0.2) is 46.1 Å². The predicted octanol–water partition coefficient (Wildman–Crippen LogP) is 12.2. The van der Waals surface area contributed by atoms with Gasteiger partial charge < -0.3 is 20.6 Å². The van der Waals surface area contributed by atoms with Crippen molar-refractivity contribution in [2.75, 3.05) is 6.61 Å². The van der Waals surface area contributed by atoms with Crippen molar-refractivity contribution in [2.45, 2.75) is 244 Å². The van der Waals surface area contributed by atoms with Crippen molar-refractivity contribution < 1.29 is 20.1 Å². The first-order valence-electron chi connectivity index (χ1n) is 21.6. The maximum Gasteiger partial charge on any atom is 0.222 e. The third-order valence-electron chi connectivity index (χ3n) is 9.99. The van der Waals surface area contributed by atoms with E-state index in [2.05, 4.69) is 31.3 Å². The van der Waals surface area contributed by atoms with Gasteiger partial charge in [0, 0.05) is 0 Å². The fourth-order valence-corrected chi connectivity index (χ4v) is 6.65. The summed E-state index contributed by atoms with van der Waals surface area (Å²) >= 11 is 0. The van der Waals surface area contributed by atoms with E-state index < -0.39 is 18.2 Å². The lowest BCUT2D eigenvalue weighted by molar-refractivity contribution is -0.124. The number of rotatable bonds is 39. The second-order valence-electron chi connectivity index (χ2n) is 15.0. The molecular formula is C44H85NO4. The molecule has 5 nitrogen and oxygen atoms in total. The summed E-state index contributed by atoms with van der Waals surface area (Å²) in [6, 6.07) is -0.756. The van der Waals surface area contributed by atoms with Crippen LogP contribution >= 0.6 is 0 Å². The zero-order valence-corrected chi connectivity index (χ0v) is 32.8. The van der Waals surface area contributed by atoms with E-state index in [1.165, 1.54) is 167 Å². The number of nitrogens with one attached hydrogen (secondary N) is 1. The molecule has 0 aromatic carbocycles. The van der Waals surface area contributed by atoms with Gasteiger partial charge in [0.15, 0.2) is 0 Å². The average molecular weight is 692 g/mol. The third kappa shape index (κ3) is 36.4. The molecule has 49 heavy (non-hydrogen) atoms. The molecule has 1 amide bonds. The molecule has 5 heteroatoms. The minimum Gasteiger partial charge on any atom is -0.394 e. The summed E-state index contributed by atoms with van der Waals surface area (Å²) in [7, 11) is 0. The highest BCUT2D eigenvalue weighted by atomic mass is 16.3. The molecule has 0 saturated heterocycles. The summed E-state index contributed by atoms with van der Waals surface area (Å²) in [6.45, 7) is 4.19. The normalized spacial score (nSPS) is 13.8. The fraction of sp³-hybridized carbons (Fsp3) is 0.886. The maximum atomic E-state index is 12.4. The monoisotopic (exact) mass is 692 g/mol. The van der Waals surface area contributed by atoms with Gasteiger partial charge in [-0.25, -0.2) is 0 Å². The zero-order valence-electron chi connectivity index (χ0n) is 32.8. The number of carbonyl (C=O) groups is 1. The standard InChI is InChI=1S/C44H85NO4/c1-3-5-7-9-11-13-15-17-18-19-20-21-22-23-24-25-26-27-29-31-33-35-37-41(47)39-44(49)45-42(40-46)43(48)38-36-34-32-30-28-16-14-12-10-8-6-4-2/h28,30,36,38,41-43,46-48H,3-27,29,31-35,37,39-40H2,1-2H3,(H,45,49)/b30-28+,38-36+. The number of amides is 1. The molecule has 0 heterocycles. The van der Waals surface area contributed by atoms with Gasteiger partial charge >= 0.3 is 0 Å². The van der Waals surface area contributed by atoms with E-state index in [4.69, 9.17) is 0 Å². The van der Waals surface area contributed by atoms with Gasteiger partial charge in [0.25, 0.3) is 0 Å². The Balaban J connectivity index is 3.62. The summed E-state index contributed by atoms with van der Waals surface area (Å²) in [5.74, 6) is -0.324. The smallest absolute Gasteiger partial charge is 0.222 e. The van der Waals surface area contributed by atoms with Crippen molar-refractivity contribution in [2.24, 2.45) is 0 Å². The van der Waals surface area contributed by atoms with Crippen LogP contribution in [0.4, 0.5) is 0 Å². The van der Waals surface area contributed by atoms with E-state index in [-0.39, 0.29) is 18.9 Å². The van der Waals surface area contributed by atoms with Crippen LogP contribution in [-0.2, 0) is 4.79 Å². The van der Waals surface area contributed by atoms with Gasteiger partial charge in [0.05, 0.1) is 31.3 Å². The lowest BCUT2D eigenvalue weighted by atomic mass is 10.0. The number of hydrogen-bond acceptors (Lipinski definition) is 4. The first kappa shape index (κ1) is 47.8. The molecule has 0 aliphatic carbocycles. The lowest BCUT2D eigenvalue weighted by Crippen LogP contribution is -2.45. The summed E-state index contributed by atoms with van der Waals surface area (Å²) in [6.07, 6.45) is 47.6. The van der Waals surface area contributed by atoms with E-state index in [9.17, 15) is 20.1 Å². The Morgan fingerprint density at radius 2 is 0.878 bits per heavy atom. The number of carbonyl (C=O) groups excluding carboxylic acids is 1. The predicted molar refractivity (Wildman–Crippen MR) is 213 cm³/mol. The molecule has 0 saturated carbocycles. The van der Waals surface area contributed by atoms with Crippen LogP contribution in [0.3, 0.4) is 0 Å². The highest BCUT2D eigenvalue weighted by Gasteiger charge is 2.20. The van der Waals surface area contributed by atoms with Crippen molar-refractivity contribution in [1.29, 1.82) is 0 Å². The number of aliphatic hydroxyl groups excluding tert-OH is 3. The minimum atomic E-state index is -0.947. The highest BCUT2D eigenvalue weighted by molar-refractivity contribution is 5.76. The van der Waals surface area contributed by atoms with Crippen LogP contribution in [0.2, 0.25) is 0 Å². The van der Waals surface area contributed by atoms with E-state index in [1.807, 2.05) is 6.08 Å². The molecule has 3 unspecified atom stereocenters. The van der Waals surface area contributed by atoms with Gasteiger partial charge in [-0.3, -0.25) is 4.79 Å². The summed E-state index contributed by atoms with van der Waals surface area (Å²) in [5.41, 5.74) is 0.